The van der Waals surface area contributed by atoms with Crippen LogP contribution in [0.5, 0.6) is 0 Å². The number of nitrogens with zero attached hydrogens (tertiary/aromatic N) is 3. The zero-order chi connectivity index (χ0) is 31.6. The van der Waals surface area contributed by atoms with Gasteiger partial charge in [0.25, 0.3) is 0 Å². The van der Waals surface area contributed by atoms with Crippen LogP contribution in [-0.4, -0.2) is 14.4 Å². The van der Waals surface area contributed by atoms with Crippen molar-refractivity contribution in [2.45, 2.75) is 0 Å². The van der Waals surface area contributed by atoms with Crippen LogP contribution in [0.3, 0.4) is 0 Å². The van der Waals surface area contributed by atoms with Crippen molar-refractivity contribution < 1.29 is 0 Å². The summed E-state index contributed by atoms with van der Waals surface area (Å²) in [5.41, 5.74) is 9.90. The second kappa shape index (κ2) is 10.7. The number of aromatic nitrogens is 3. The number of hydrogen-bond acceptors (Lipinski definition) is 3. The highest BCUT2D eigenvalue weighted by atomic mass is 32.1. The van der Waals surface area contributed by atoms with Crippen LogP contribution in [0.15, 0.2) is 164 Å². The Morgan fingerprint density at radius 2 is 1.04 bits per heavy atom. The first-order valence-electron chi connectivity index (χ1n) is 16.2. The molecule has 0 spiro atoms. The van der Waals surface area contributed by atoms with Crippen LogP contribution in [0.1, 0.15) is 0 Å². The highest BCUT2D eigenvalue weighted by molar-refractivity contribution is 7.25. The lowest BCUT2D eigenvalue weighted by Gasteiger charge is -2.13. The van der Waals surface area contributed by atoms with Gasteiger partial charge in [-0.25, -0.2) is 9.97 Å². The lowest BCUT2D eigenvalue weighted by Crippen LogP contribution is -1.96. The van der Waals surface area contributed by atoms with E-state index < -0.39 is 0 Å². The molecular weight excluding hydrogens is 603 g/mol. The molecule has 4 heteroatoms. The molecule has 0 saturated carbocycles. The SMILES string of the molecule is c1ccc(-c2cc(-c3ccc4c(c3)c3c5ccccc5sc3n3c5ccccc5c(-c5ccccc5)c43)nc(-c3ccccc3)n2)cc1. The Labute approximate surface area is 281 Å². The van der Waals surface area contributed by atoms with Gasteiger partial charge >= 0.3 is 0 Å². The maximum absolute atomic E-state index is 5.18. The topological polar surface area (TPSA) is 30.2 Å². The highest BCUT2D eigenvalue weighted by Gasteiger charge is 2.22. The molecule has 48 heavy (non-hydrogen) atoms. The van der Waals surface area contributed by atoms with Crippen LogP contribution >= 0.6 is 11.3 Å². The highest BCUT2D eigenvalue weighted by Crippen LogP contribution is 2.47. The zero-order valence-corrected chi connectivity index (χ0v) is 26.7. The van der Waals surface area contributed by atoms with Crippen molar-refractivity contribution in [3.05, 3.63) is 164 Å². The third-order valence-electron chi connectivity index (χ3n) is 9.38. The lowest BCUT2D eigenvalue weighted by atomic mass is 9.97. The summed E-state index contributed by atoms with van der Waals surface area (Å²) in [7, 11) is 0. The molecule has 0 radical (unpaired) electrons. The minimum absolute atomic E-state index is 0.720. The fraction of sp³-hybridized carbons (Fsp3) is 0. The summed E-state index contributed by atoms with van der Waals surface area (Å²) < 4.78 is 3.79. The third kappa shape index (κ3) is 4.13. The maximum atomic E-state index is 5.18. The first-order chi connectivity index (χ1) is 23.8. The van der Waals surface area contributed by atoms with E-state index in [-0.39, 0.29) is 0 Å². The number of fused-ring (bicyclic) bond motifs is 10. The standard InChI is InChI=1S/C44H27N3S/c1-4-14-28(15-5-1)36-27-37(46-43(45-36)30-18-8-3-9-19-30)31-24-25-32-35(26-31)41-34-21-11-13-23-39(34)48-44(41)47-38-22-12-10-20-33(38)40(42(32)47)29-16-6-2-7-17-29/h1-27H. The molecule has 0 atom stereocenters. The van der Waals surface area contributed by atoms with Gasteiger partial charge in [0.15, 0.2) is 5.82 Å². The average molecular weight is 630 g/mol. The summed E-state index contributed by atoms with van der Waals surface area (Å²) >= 11 is 1.87. The normalized spacial score (nSPS) is 11.8. The molecule has 0 aliphatic rings. The van der Waals surface area contributed by atoms with Gasteiger partial charge in [-0.2, -0.15) is 0 Å². The van der Waals surface area contributed by atoms with Gasteiger partial charge in [0.05, 0.1) is 22.4 Å². The van der Waals surface area contributed by atoms with Gasteiger partial charge in [-0.05, 0) is 35.2 Å². The molecule has 0 aliphatic carbocycles. The van der Waals surface area contributed by atoms with Crippen molar-refractivity contribution in [2.24, 2.45) is 0 Å². The van der Waals surface area contributed by atoms with Crippen molar-refractivity contribution in [3.63, 3.8) is 0 Å². The first kappa shape index (κ1) is 27.1. The van der Waals surface area contributed by atoms with Crippen molar-refractivity contribution in [1.82, 2.24) is 14.4 Å². The van der Waals surface area contributed by atoms with Gasteiger partial charge in [-0.15, -0.1) is 11.3 Å². The summed E-state index contributed by atoms with van der Waals surface area (Å²) in [6.07, 6.45) is 0. The second-order valence-electron chi connectivity index (χ2n) is 12.2. The number of rotatable bonds is 4. The van der Waals surface area contributed by atoms with Gasteiger partial charge < -0.3 is 0 Å². The van der Waals surface area contributed by atoms with Crippen LogP contribution in [0.25, 0.3) is 92.5 Å². The molecule has 4 heterocycles. The molecule has 0 amide bonds. The number of hydrogen-bond donors (Lipinski definition) is 0. The Bertz CT molecular complexity index is 2760. The van der Waals surface area contributed by atoms with Gasteiger partial charge in [-0.1, -0.05) is 140 Å². The molecule has 0 saturated heterocycles. The predicted octanol–water partition coefficient (Wildman–Crippen LogP) is 12.1. The van der Waals surface area contributed by atoms with Crippen molar-refractivity contribution >= 4 is 58.8 Å². The van der Waals surface area contributed by atoms with Gasteiger partial charge in [-0.3, -0.25) is 4.40 Å². The molecule has 224 valence electrons. The largest absolute Gasteiger partial charge is 0.299 e. The summed E-state index contributed by atoms with van der Waals surface area (Å²) in [6.45, 7) is 0. The smallest absolute Gasteiger partial charge is 0.160 e. The average Bonchev–Trinajstić information content (AvgIpc) is 3.72. The molecule has 4 aromatic heterocycles. The summed E-state index contributed by atoms with van der Waals surface area (Å²) in [4.78, 5) is 11.5. The molecule has 0 unspecified atom stereocenters. The molecule has 0 aliphatic heterocycles. The molecule has 10 rings (SSSR count). The first-order valence-corrected chi connectivity index (χ1v) is 17.0. The summed E-state index contributed by atoms with van der Waals surface area (Å²) in [5.74, 6) is 0.720. The van der Waals surface area contributed by atoms with E-state index in [1.54, 1.807) is 0 Å². The molecular formula is C44H27N3S. The molecule has 6 aromatic carbocycles. The van der Waals surface area contributed by atoms with Gasteiger partial charge in [0, 0.05) is 48.5 Å². The molecule has 10 aromatic rings. The fourth-order valence-electron chi connectivity index (χ4n) is 7.24. The molecule has 0 fully saturated rings. The molecule has 3 nitrogen and oxygen atoms in total. The molecule has 0 N–H and O–H groups in total. The number of thiophene rings is 1. The van der Waals surface area contributed by atoms with E-state index in [1.165, 1.54) is 58.6 Å². The second-order valence-corrected chi connectivity index (χ2v) is 13.2. The minimum Gasteiger partial charge on any atom is -0.299 e. The zero-order valence-electron chi connectivity index (χ0n) is 25.8. The fourth-order valence-corrected chi connectivity index (χ4v) is 8.48. The van der Waals surface area contributed by atoms with Crippen LogP contribution in [0, 0.1) is 0 Å². The van der Waals surface area contributed by atoms with E-state index in [2.05, 4.69) is 144 Å². The number of benzene rings is 6. The van der Waals surface area contributed by atoms with Crippen LogP contribution in [0.2, 0.25) is 0 Å². The minimum atomic E-state index is 0.720. The van der Waals surface area contributed by atoms with Crippen molar-refractivity contribution in [3.8, 4) is 45.0 Å². The number of pyridine rings is 1. The summed E-state index contributed by atoms with van der Waals surface area (Å²) in [6, 6.07) is 58.1. The lowest BCUT2D eigenvalue weighted by molar-refractivity contribution is 1.18. The van der Waals surface area contributed by atoms with E-state index in [0.29, 0.717) is 0 Å². The Morgan fingerprint density at radius 3 is 1.79 bits per heavy atom. The van der Waals surface area contributed by atoms with Crippen LogP contribution < -0.4 is 0 Å². The monoisotopic (exact) mass is 629 g/mol. The Hall–Kier alpha value is -6.10. The van der Waals surface area contributed by atoms with E-state index >= 15 is 0 Å². The number of para-hydroxylation sites is 1. The Kier molecular flexibility index (Phi) is 6.05. The van der Waals surface area contributed by atoms with E-state index in [4.69, 9.17) is 9.97 Å². The van der Waals surface area contributed by atoms with Crippen molar-refractivity contribution in [2.75, 3.05) is 0 Å². The van der Waals surface area contributed by atoms with E-state index in [1.807, 2.05) is 35.6 Å². The Morgan fingerprint density at radius 1 is 0.438 bits per heavy atom. The quantitative estimate of drug-likeness (QED) is 0.194. The summed E-state index contributed by atoms with van der Waals surface area (Å²) in [5, 5.41) is 6.27. The van der Waals surface area contributed by atoms with Gasteiger partial charge in [0.1, 0.15) is 4.83 Å². The maximum Gasteiger partial charge on any atom is 0.160 e. The van der Waals surface area contributed by atoms with E-state index in [9.17, 15) is 0 Å². The van der Waals surface area contributed by atoms with Crippen LogP contribution in [0.4, 0.5) is 0 Å². The van der Waals surface area contributed by atoms with Gasteiger partial charge in [0.2, 0.25) is 0 Å². The van der Waals surface area contributed by atoms with Crippen LogP contribution in [-0.2, 0) is 0 Å². The molecule has 0 bridgehead atoms. The third-order valence-corrected chi connectivity index (χ3v) is 10.5. The Balaban J connectivity index is 1.34. The van der Waals surface area contributed by atoms with E-state index in [0.717, 1.165) is 33.9 Å². The van der Waals surface area contributed by atoms with Crippen molar-refractivity contribution in [1.29, 1.82) is 0 Å². The predicted molar refractivity (Wildman–Crippen MR) is 203 cm³/mol.